The van der Waals surface area contributed by atoms with E-state index >= 15 is 0 Å². The Kier molecular flexibility index (Phi) is 5.14. The van der Waals surface area contributed by atoms with Crippen molar-refractivity contribution in [1.82, 2.24) is 0 Å². The van der Waals surface area contributed by atoms with Gasteiger partial charge >= 0.3 is 5.97 Å². The molecule has 2 aliphatic rings. The number of rotatable bonds is 5. The maximum Gasteiger partial charge on any atom is 0.303 e. The van der Waals surface area contributed by atoms with E-state index in [4.69, 9.17) is 5.11 Å². The van der Waals surface area contributed by atoms with Crippen LogP contribution in [0.15, 0.2) is 60.7 Å². The van der Waals surface area contributed by atoms with E-state index in [2.05, 4.69) is 36.4 Å². The lowest BCUT2D eigenvalue weighted by Crippen LogP contribution is -2.22. The molecule has 0 aromatic heterocycles. The molecule has 1 atom stereocenters. The van der Waals surface area contributed by atoms with E-state index < -0.39 is 5.97 Å². The predicted octanol–water partition coefficient (Wildman–Crippen LogP) is 5.83. The van der Waals surface area contributed by atoms with Gasteiger partial charge in [-0.05, 0) is 71.7 Å². The van der Waals surface area contributed by atoms with Crippen LogP contribution in [0.25, 0.3) is 12.2 Å². The summed E-state index contributed by atoms with van der Waals surface area (Å²) >= 11 is 0. The van der Waals surface area contributed by atoms with Crippen LogP contribution < -0.4 is 4.90 Å². The number of aliphatic carboxylic acids is 1. The van der Waals surface area contributed by atoms with Crippen LogP contribution in [-0.4, -0.2) is 17.0 Å². The normalized spacial score (nSPS) is 17.1. The number of carbonyl (C=O) groups is 2. The molecule has 0 bridgehead atoms. The van der Waals surface area contributed by atoms with Gasteiger partial charge in [-0.1, -0.05) is 60.2 Å². The average Bonchev–Trinajstić information content (AvgIpc) is 3.33. The van der Waals surface area contributed by atoms with Gasteiger partial charge in [-0.15, -0.1) is 0 Å². The molecule has 160 valence electrons. The summed E-state index contributed by atoms with van der Waals surface area (Å²) in [6.07, 6.45) is 6.19. The second-order valence-electron chi connectivity index (χ2n) is 8.73. The zero-order chi connectivity index (χ0) is 22.2. The second kappa shape index (κ2) is 8.12. The highest BCUT2D eigenvalue weighted by Gasteiger charge is 2.29. The molecular formula is C28H25NO3. The van der Waals surface area contributed by atoms with Crippen molar-refractivity contribution in [3.8, 4) is 0 Å². The van der Waals surface area contributed by atoms with Gasteiger partial charge in [0.1, 0.15) is 0 Å². The first kappa shape index (κ1) is 20.3. The Morgan fingerprint density at radius 3 is 2.69 bits per heavy atom. The summed E-state index contributed by atoms with van der Waals surface area (Å²) in [5.74, 6) is -0.572. The third kappa shape index (κ3) is 3.73. The topological polar surface area (TPSA) is 57.6 Å². The second-order valence-corrected chi connectivity index (χ2v) is 8.73. The van der Waals surface area contributed by atoms with Crippen LogP contribution >= 0.6 is 0 Å². The SMILES string of the molecule is Cc1ccc(N2Cc3c(/C=C/c4ccc5c(c4)CCC5CC(=O)O)cccc3C2=O)cc1. The number of amides is 1. The van der Waals surface area contributed by atoms with Gasteiger partial charge in [0, 0.05) is 11.3 Å². The minimum absolute atomic E-state index is 0.0427. The lowest BCUT2D eigenvalue weighted by molar-refractivity contribution is -0.137. The summed E-state index contributed by atoms with van der Waals surface area (Å²) in [5.41, 5.74) is 8.47. The lowest BCUT2D eigenvalue weighted by Gasteiger charge is -2.16. The number of carboxylic acid groups (broad SMARTS) is 1. The van der Waals surface area contributed by atoms with Crippen molar-refractivity contribution in [3.63, 3.8) is 0 Å². The van der Waals surface area contributed by atoms with Crippen molar-refractivity contribution >= 4 is 29.7 Å². The molecule has 4 heteroatoms. The number of aryl methyl sites for hydroxylation is 2. The first-order chi connectivity index (χ1) is 15.5. The zero-order valence-corrected chi connectivity index (χ0v) is 18.0. The van der Waals surface area contributed by atoms with Gasteiger partial charge in [-0.25, -0.2) is 0 Å². The van der Waals surface area contributed by atoms with Crippen molar-refractivity contribution in [1.29, 1.82) is 0 Å². The smallest absolute Gasteiger partial charge is 0.303 e. The molecule has 0 radical (unpaired) electrons. The monoisotopic (exact) mass is 423 g/mol. The maximum absolute atomic E-state index is 13.0. The number of carbonyl (C=O) groups excluding carboxylic acids is 1. The number of nitrogens with zero attached hydrogens (tertiary/aromatic N) is 1. The van der Waals surface area contributed by atoms with Gasteiger partial charge in [0.05, 0.1) is 13.0 Å². The molecule has 0 saturated heterocycles. The summed E-state index contributed by atoms with van der Waals surface area (Å²) < 4.78 is 0. The number of benzene rings is 3. The van der Waals surface area contributed by atoms with Crippen molar-refractivity contribution in [2.24, 2.45) is 0 Å². The molecule has 32 heavy (non-hydrogen) atoms. The van der Waals surface area contributed by atoms with E-state index in [-0.39, 0.29) is 18.2 Å². The largest absolute Gasteiger partial charge is 0.481 e. The Balaban J connectivity index is 1.39. The van der Waals surface area contributed by atoms with E-state index in [1.807, 2.05) is 48.2 Å². The molecule has 1 amide bonds. The lowest BCUT2D eigenvalue weighted by atomic mass is 9.96. The van der Waals surface area contributed by atoms with Crippen LogP contribution in [0, 0.1) is 6.92 Å². The Labute approximate surface area is 187 Å². The fourth-order valence-corrected chi connectivity index (χ4v) is 4.88. The molecule has 0 fully saturated rings. The molecule has 3 aromatic carbocycles. The van der Waals surface area contributed by atoms with Crippen LogP contribution in [0.2, 0.25) is 0 Å². The van der Waals surface area contributed by atoms with E-state index in [1.165, 1.54) is 16.7 Å². The van der Waals surface area contributed by atoms with Crippen LogP contribution in [0.1, 0.15) is 62.5 Å². The van der Waals surface area contributed by atoms with Gasteiger partial charge in [-0.2, -0.15) is 0 Å². The molecule has 1 heterocycles. The quantitative estimate of drug-likeness (QED) is 0.525. The predicted molar refractivity (Wildman–Crippen MR) is 127 cm³/mol. The standard InChI is InChI=1S/C28H25NO3/c1-18-5-12-23(13-6-18)29-17-26-20(3-2-4-25(26)28(29)32)9-7-19-8-14-24-21(15-19)10-11-22(24)16-27(30)31/h2-9,12-15,22H,10-11,16-17H2,1H3,(H,30,31)/b9-7+. The molecule has 0 saturated carbocycles. The summed E-state index contributed by atoms with van der Waals surface area (Å²) in [6, 6.07) is 20.2. The summed E-state index contributed by atoms with van der Waals surface area (Å²) in [5, 5.41) is 9.12. The molecule has 1 unspecified atom stereocenters. The van der Waals surface area contributed by atoms with Crippen molar-refractivity contribution < 1.29 is 14.7 Å². The van der Waals surface area contributed by atoms with Gasteiger partial charge in [0.2, 0.25) is 0 Å². The molecule has 3 aromatic rings. The summed E-state index contributed by atoms with van der Waals surface area (Å²) in [7, 11) is 0. The van der Waals surface area contributed by atoms with Crippen LogP contribution in [0.4, 0.5) is 5.69 Å². The fraction of sp³-hybridized carbons (Fsp3) is 0.214. The minimum Gasteiger partial charge on any atom is -0.481 e. The van der Waals surface area contributed by atoms with E-state index in [0.717, 1.165) is 40.8 Å². The number of hydrogen-bond acceptors (Lipinski definition) is 2. The highest BCUT2D eigenvalue weighted by atomic mass is 16.4. The number of anilines is 1. The number of carboxylic acids is 1. The zero-order valence-electron chi connectivity index (χ0n) is 18.0. The number of hydrogen-bond donors (Lipinski definition) is 1. The van der Waals surface area contributed by atoms with Gasteiger partial charge in [0.25, 0.3) is 5.91 Å². The van der Waals surface area contributed by atoms with E-state index in [1.54, 1.807) is 0 Å². The first-order valence-electron chi connectivity index (χ1n) is 11.0. The molecule has 4 nitrogen and oxygen atoms in total. The highest BCUT2D eigenvalue weighted by molar-refractivity contribution is 6.10. The third-order valence-electron chi connectivity index (χ3n) is 6.60. The van der Waals surface area contributed by atoms with Crippen molar-refractivity contribution in [3.05, 3.63) is 99.6 Å². The molecule has 5 rings (SSSR count). The summed E-state index contributed by atoms with van der Waals surface area (Å²) in [6.45, 7) is 2.61. The Bertz CT molecular complexity index is 1240. The molecule has 0 spiro atoms. The summed E-state index contributed by atoms with van der Waals surface area (Å²) in [4.78, 5) is 25.9. The Hall–Kier alpha value is -3.66. The molecule has 1 aliphatic heterocycles. The van der Waals surface area contributed by atoms with E-state index in [9.17, 15) is 9.59 Å². The first-order valence-corrected chi connectivity index (χ1v) is 11.0. The van der Waals surface area contributed by atoms with Crippen LogP contribution in [0.3, 0.4) is 0 Å². The Morgan fingerprint density at radius 2 is 1.91 bits per heavy atom. The molecule has 1 N–H and O–H groups in total. The van der Waals surface area contributed by atoms with Crippen LogP contribution in [0.5, 0.6) is 0 Å². The van der Waals surface area contributed by atoms with Gasteiger partial charge in [-0.3, -0.25) is 9.59 Å². The fourth-order valence-electron chi connectivity index (χ4n) is 4.88. The minimum atomic E-state index is -0.737. The average molecular weight is 424 g/mol. The van der Waals surface area contributed by atoms with E-state index in [0.29, 0.717) is 6.54 Å². The highest BCUT2D eigenvalue weighted by Crippen LogP contribution is 2.36. The molecular weight excluding hydrogens is 398 g/mol. The number of fused-ring (bicyclic) bond motifs is 2. The van der Waals surface area contributed by atoms with Gasteiger partial charge < -0.3 is 10.0 Å². The Morgan fingerprint density at radius 1 is 1.09 bits per heavy atom. The van der Waals surface area contributed by atoms with Crippen LogP contribution in [-0.2, 0) is 17.8 Å². The van der Waals surface area contributed by atoms with Crippen molar-refractivity contribution in [2.45, 2.75) is 38.6 Å². The molecule has 1 aliphatic carbocycles. The van der Waals surface area contributed by atoms with Crippen molar-refractivity contribution in [2.75, 3.05) is 4.90 Å². The van der Waals surface area contributed by atoms with Gasteiger partial charge in [0.15, 0.2) is 0 Å². The third-order valence-corrected chi connectivity index (χ3v) is 6.60. The maximum atomic E-state index is 13.0.